The summed E-state index contributed by atoms with van der Waals surface area (Å²) in [5.74, 6) is -1.28. The third kappa shape index (κ3) is 28.7. The summed E-state index contributed by atoms with van der Waals surface area (Å²) in [6.45, 7) is 55.5. The summed E-state index contributed by atoms with van der Waals surface area (Å²) in [6, 6.07) is 66.1. The van der Waals surface area contributed by atoms with E-state index in [1.807, 2.05) is 363 Å². The zero-order valence-corrected chi connectivity index (χ0v) is 75.7. The Balaban J connectivity index is 0.000000674. The summed E-state index contributed by atoms with van der Waals surface area (Å²) in [6.07, 6.45) is 0.778. The van der Waals surface area contributed by atoms with Gasteiger partial charge in [-0.3, -0.25) is 72.3 Å². The number of nitrogens with zero attached hydrogens (tertiary/aromatic N) is 5. The first-order valence-electron chi connectivity index (χ1n) is 42.3. The molecular weight excluding hydrogens is 1480 g/mol. The van der Waals surface area contributed by atoms with Gasteiger partial charge in [0.05, 0.1) is 34.6 Å². The molecule has 5 aliphatic rings. The monoisotopic (exact) mass is 1610 g/mol. The minimum atomic E-state index is -0.281. The fourth-order valence-corrected chi connectivity index (χ4v) is 12.5. The summed E-state index contributed by atoms with van der Waals surface area (Å²) in [4.78, 5) is 138. The molecule has 14 rings (SSSR count). The van der Waals surface area contributed by atoms with Crippen LogP contribution in [0.1, 0.15) is 306 Å². The number of benzene rings is 9. The molecule has 0 radical (unpaired) electrons. The van der Waals surface area contributed by atoms with Crippen LogP contribution in [0.15, 0.2) is 212 Å². The average molecular weight is 1610 g/mol. The van der Waals surface area contributed by atoms with E-state index >= 15 is 0 Å². The number of imide groups is 4. The van der Waals surface area contributed by atoms with Gasteiger partial charge in [0.2, 0.25) is 17.7 Å². The first-order chi connectivity index (χ1) is 56.5. The van der Waals surface area contributed by atoms with Crippen LogP contribution in [0, 0.1) is 0 Å². The van der Waals surface area contributed by atoms with Crippen LogP contribution in [-0.2, 0) is 27.3 Å². The summed E-state index contributed by atoms with van der Waals surface area (Å²) in [7, 11) is 0. The Bertz CT molecular complexity index is 4510. The van der Waals surface area contributed by atoms with Crippen molar-refractivity contribution in [2.45, 2.75) is 261 Å². The van der Waals surface area contributed by atoms with Crippen molar-refractivity contribution in [3.8, 4) is 0 Å². The third-order valence-electron chi connectivity index (χ3n) is 17.4. The van der Waals surface area contributed by atoms with Gasteiger partial charge >= 0.3 is 0 Å². The molecule has 0 saturated carbocycles. The number of amides is 11. The zero-order chi connectivity index (χ0) is 89.8. The van der Waals surface area contributed by atoms with Crippen LogP contribution < -0.4 is 10.6 Å². The Hall–Kier alpha value is -11.5. The first kappa shape index (κ1) is 104. The molecule has 1 atom stereocenters. The van der Waals surface area contributed by atoms with Gasteiger partial charge in [0.15, 0.2) is 0 Å². The van der Waals surface area contributed by atoms with Crippen molar-refractivity contribution in [2.24, 2.45) is 0 Å². The van der Waals surface area contributed by atoms with E-state index in [0.29, 0.717) is 57.8 Å². The highest BCUT2D eigenvalue weighted by Crippen LogP contribution is 2.34. The lowest BCUT2D eigenvalue weighted by molar-refractivity contribution is -0.140. The van der Waals surface area contributed by atoms with E-state index in [1.165, 1.54) is 19.6 Å². The van der Waals surface area contributed by atoms with Gasteiger partial charge in [-0.05, 0) is 184 Å². The quantitative estimate of drug-likeness (QED) is 0.116. The predicted molar refractivity (Wildman–Crippen MR) is 485 cm³/mol. The van der Waals surface area contributed by atoms with Gasteiger partial charge in [0.1, 0.15) is 0 Å². The molecule has 9 aromatic rings. The fourth-order valence-electron chi connectivity index (χ4n) is 12.5. The molecule has 9 aromatic carbocycles. The number of carbonyl (C=O) groups is 11. The number of nitrogens with one attached hydrogen (secondary N) is 2. The van der Waals surface area contributed by atoms with E-state index < -0.39 is 0 Å². The van der Waals surface area contributed by atoms with Crippen LogP contribution in [0.4, 0.5) is 0 Å². The molecule has 2 N–H and O–H groups in total. The molecule has 5 aliphatic heterocycles. The predicted octanol–water partition coefficient (Wildman–Crippen LogP) is 22.1. The van der Waals surface area contributed by atoms with Crippen LogP contribution in [-0.4, -0.2) is 132 Å². The Kier molecular flexibility index (Phi) is 48.2. The van der Waals surface area contributed by atoms with Gasteiger partial charge in [-0.25, -0.2) is 0 Å². The second kappa shape index (κ2) is 54.4. The zero-order valence-electron chi connectivity index (χ0n) is 75.7. The maximum Gasteiger partial charge on any atom is 0.261 e. The first-order valence-corrected chi connectivity index (χ1v) is 42.3. The van der Waals surface area contributed by atoms with Crippen LogP contribution >= 0.6 is 0 Å². The molecule has 636 valence electrons. The van der Waals surface area contributed by atoms with Gasteiger partial charge in [-0.1, -0.05) is 255 Å². The number of carbonyl (C=O) groups excluding carboxylic acids is 11. The number of fused-ring (bicyclic) bond motifs is 4. The molecule has 1 fully saturated rings. The smallest absolute Gasteiger partial charge is 0.261 e. The molecule has 0 spiro atoms. The molecule has 1 saturated heterocycles. The number of rotatable bonds is 11. The minimum Gasteiger partial charge on any atom is -0.354 e. The van der Waals surface area contributed by atoms with E-state index in [0.717, 1.165) is 50.3 Å². The molecule has 0 aliphatic carbocycles. The molecule has 0 aromatic heterocycles. The van der Waals surface area contributed by atoms with Crippen molar-refractivity contribution < 1.29 is 52.7 Å². The highest BCUT2D eigenvalue weighted by atomic mass is 16.2. The highest BCUT2D eigenvalue weighted by Gasteiger charge is 2.42. The van der Waals surface area contributed by atoms with Crippen molar-refractivity contribution in [1.29, 1.82) is 0 Å². The normalized spacial score (nSPS) is 13.3. The average Bonchev–Trinajstić information content (AvgIpc) is 0.967. The molecule has 18 heteroatoms. The summed E-state index contributed by atoms with van der Waals surface area (Å²) >= 11 is 0. The van der Waals surface area contributed by atoms with Crippen molar-refractivity contribution in [1.82, 2.24) is 35.1 Å². The Morgan fingerprint density at radius 3 is 1.03 bits per heavy atom. The second-order valence-electron chi connectivity index (χ2n) is 27.6. The van der Waals surface area contributed by atoms with Crippen molar-refractivity contribution in [2.75, 3.05) is 0 Å². The molecule has 5 heterocycles. The van der Waals surface area contributed by atoms with E-state index in [1.54, 1.807) is 48.5 Å². The lowest BCUT2D eigenvalue weighted by atomic mass is 9.93. The number of likely N-dealkylation sites (tertiary alicyclic amines) is 1. The molecule has 118 heavy (non-hydrogen) atoms. The number of hydrogen-bond acceptors (Lipinski definition) is 11. The Labute approximate surface area is 705 Å². The standard InChI is InChI=1S/2C15H13NO2.C13H15NO2.C11H11NO2.C11H13NO.C11H15NO.C10H13NO.7C2H6/c1-9(2)16-14(17)11-7-3-5-10-6-4-8-12(13(10)11)15(16)18;1-9(2)16-14(17)12-7-10-5-3-4-6-11(10)8-13(12)15(16)18;1-9(2)14-12(15)8-11(13(14)16)10-6-4-3-5-7-10;1-7(2)12-10(13)8-5-3-4-6-9(8)11(12)14;1-8(2)12-7-9-5-3-4-6-10(9)11(12)13;1-9(2)12-11(13)8-10-6-4-3-5-7-10;1-8(2)11-10(12)9-6-4-3-5-7-9;7*1-2/h2*3-9H,1-2H3;3-7,9,11H,8H2,1-2H3;3-7H,1-2H3;3-6,8H,7H2,1-2H3;3-7,9H,8H2,1-2H3,(H,12,13);3-8H,1-2H3,(H,11,12);7*1-2H3. The minimum absolute atomic E-state index is 0.00870. The van der Waals surface area contributed by atoms with Crippen LogP contribution in [0.25, 0.3) is 21.5 Å². The molecule has 1 unspecified atom stereocenters. The maximum atomic E-state index is 12.4. The Morgan fingerprint density at radius 1 is 0.331 bits per heavy atom. The van der Waals surface area contributed by atoms with E-state index in [-0.39, 0.29) is 107 Å². The van der Waals surface area contributed by atoms with Crippen molar-refractivity contribution in [3.05, 3.63) is 274 Å². The van der Waals surface area contributed by atoms with E-state index in [4.69, 9.17) is 0 Å². The molecule has 18 nitrogen and oxygen atoms in total. The molecule has 0 bridgehead atoms. The Morgan fingerprint density at radius 2 is 0.661 bits per heavy atom. The topological polar surface area (TPSA) is 228 Å². The van der Waals surface area contributed by atoms with Gasteiger partial charge in [-0.2, -0.15) is 0 Å². The van der Waals surface area contributed by atoms with E-state index in [2.05, 4.69) is 10.6 Å². The van der Waals surface area contributed by atoms with Gasteiger partial charge in [0.25, 0.3) is 47.3 Å². The number of hydrogen-bond donors (Lipinski definition) is 2. The lowest BCUT2D eigenvalue weighted by Crippen LogP contribution is -2.44. The summed E-state index contributed by atoms with van der Waals surface area (Å²) < 4.78 is 0. The largest absolute Gasteiger partial charge is 0.354 e. The van der Waals surface area contributed by atoms with Gasteiger partial charge in [-0.15, -0.1) is 0 Å². The van der Waals surface area contributed by atoms with Crippen LogP contribution in [0.5, 0.6) is 0 Å². The molecule has 11 amide bonds. The maximum absolute atomic E-state index is 12.4. The van der Waals surface area contributed by atoms with E-state index in [9.17, 15) is 52.7 Å². The highest BCUT2D eigenvalue weighted by molar-refractivity contribution is 6.26. The second-order valence-corrected chi connectivity index (χ2v) is 27.6. The van der Waals surface area contributed by atoms with Crippen molar-refractivity contribution in [3.63, 3.8) is 0 Å². The molecular formula is C100H135N7O11. The fraction of sp³-hybridized carbons (Fsp3) is 0.390. The SMILES string of the molecule is CC.CC.CC.CC.CC.CC.CC.CC(C)N1C(=O)CC(c2ccccc2)C1=O.CC(C)N1C(=O)c2cc3ccccc3cc2C1=O.CC(C)N1C(=O)c2cccc3cccc(c23)C1=O.CC(C)N1C(=O)c2ccccc2C1=O.CC(C)N1Cc2ccccc2C1=O.CC(C)NC(=O)Cc1ccccc1.CC(C)NC(=O)c1ccccc1. The van der Waals surface area contributed by atoms with Gasteiger partial charge < -0.3 is 15.5 Å². The van der Waals surface area contributed by atoms with Crippen molar-refractivity contribution >= 4 is 86.5 Å². The third-order valence-corrected chi connectivity index (χ3v) is 17.4. The summed E-state index contributed by atoms with van der Waals surface area (Å²) in [5, 5.41) is 9.37. The van der Waals surface area contributed by atoms with Gasteiger partial charge in [0, 0.05) is 82.9 Å². The summed E-state index contributed by atoms with van der Waals surface area (Å²) in [5.41, 5.74) is 8.05. The van der Waals surface area contributed by atoms with Crippen LogP contribution in [0.3, 0.4) is 0 Å². The van der Waals surface area contributed by atoms with Crippen LogP contribution in [0.2, 0.25) is 0 Å². The lowest BCUT2D eigenvalue weighted by Gasteiger charge is -2.30.